The molecule has 0 saturated heterocycles. The number of hydrogen-bond donors (Lipinski definition) is 1. The number of amides is 2. The molecule has 1 aliphatic heterocycles. The van der Waals surface area contributed by atoms with Crippen molar-refractivity contribution >= 4 is 35.0 Å². The van der Waals surface area contributed by atoms with Crippen molar-refractivity contribution < 1.29 is 14.0 Å². The fourth-order valence-corrected chi connectivity index (χ4v) is 4.19. The van der Waals surface area contributed by atoms with Crippen LogP contribution in [0.15, 0.2) is 94.4 Å². The molecule has 0 spiro atoms. The van der Waals surface area contributed by atoms with E-state index in [1.807, 2.05) is 42.5 Å². The molecule has 4 rings (SSSR count). The van der Waals surface area contributed by atoms with Crippen molar-refractivity contribution in [2.75, 3.05) is 10.2 Å². The molecule has 31 heavy (non-hydrogen) atoms. The van der Waals surface area contributed by atoms with Crippen LogP contribution < -0.4 is 10.2 Å². The van der Waals surface area contributed by atoms with Gasteiger partial charge in [0.2, 0.25) is 0 Å². The van der Waals surface area contributed by atoms with Gasteiger partial charge in [-0.2, -0.15) is 0 Å². The van der Waals surface area contributed by atoms with E-state index in [1.165, 1.54) is 40.9 Å². The second kappa shape index (κ2) is 8.78. The summed E-state index contributed by atoms with van der Waals surface area (Å²) in [6, 6.07) is 22.5. The van der Waals surface area contributed by atoms with E-state index in [9.17, 15) is 14.0 Å². The zero-order chi connectivity index (χ0) is 22.0. The minimum atomic E-state index is -0.440. The highest BCUT2D eigenvalue weighted by atomic mass is 32.2. The van der Waals surface area contributed by atoms with Gasteiger partial charge in [-0.15, -0.1) is 0 Å². The van der Waals surface area contributed by atoms with Crippen LogP contribution in [0.1, 0.15) is 25.3 Å². The van der Waals surface area contributed by atoms with Crippen LogP contribution in [0.3, 0.4) is 0 Å². The largest absolute Gasteiger partial charge is 0.350 e. The van der Waals surface area contributed by atoms with Gasteiger partial charge in [-0.25, -0.2) is 9.29 Å². The molecule has 4 nitrogen and oxygen atoms in total. The number of thioether (sulfide) groups is 1. The topological polar surface area (TPSA) is 49.4 Å². The third kappa shape index (κ3) is 4.39. The fraction of sp³-hybridized carbons (Fsp3) is 0.120. The molecule has 0 atom stereocenters. The van der Waals surface area contributed by atoms with Crippen molar-refractivity contribution in [1.29, 1.82) is 0 Å². The van der Waals surface area contributed by atoms with Crippen molar-refractivity contribution in [1.82, 2.24) is 0 Å². The number of benzene rings is 3. The van der Waals surface area contributed by atoms with E-state index in [4.69, 9.17) is 0 Å². The molecule has 0 bridgehead atoms. The third-order valence-electron chi connectivity index (χ3n) is 4.94. The van der Waals surface area contributed by atoms with Gasteiger partial charge in [0, 0.05) is 10.6 Å². The summed E-state index contributed by atoms with van der Waals surface area (Å²) in [5.74, 6) is -0.859. The predicted octanol–water partition coefficient (Wildman–Crippen LogP) is 5.94. The molecule has 3 aromatic rings. The van der Waals surface area contributed by atoms with Crippen LogP contribution in [0.4, 0.5) is 15.8 Å². The first-order valence-corrected chi connectivity index (χ1v) is 10.7. The first-order chi connectivity index (χ1) is 14.9. The lowest BCUT2D eigenvalue weighted by molar-refractivity contribution is -0.120. The summed E-state index contributed by atoms with van der Waals surface area (Å²) in [5.41, 5.74) is 2.35. The minimum Gasteiger partial charge on any atom is -0.350 e. The van der Waals surface area contributed by atoms with E-state index in [1.54, 1.807) is 12.1 Å². The summed E-state index contributed by atoms with van der Waals surface area (Å²) in [5, 5.41) is 3.03. The van der Waals surface area contributed by atoms with E-state index in [2.05, 4.69) is 19.2 Å². The quantitative estimate of drug-likeness (QED) is 0.490. The lowest BCUT2D eigenvalue weighted by atomic mass is 10.0. The first kappa shape index (κ1) is 20.9. The Labute approximate surface area is 184 Å². The number of carbonyl (C=O) groups is 2. The zero-order valence-electron chi connectivity index (χ0n) is 17.1. The van der Waals surface area contributed by atoms with Crippen LogP contribution >= 0.6 is 11.8 Å². The maximum Gasteiger partial charge on any atom is 0.283 e. The Morgan fingerprint density at radius 1 is 0.839 bits per heavy atom. The average molecular weight is 433 g/mol. The molecule has 0 aliphatic carbocycles. The maximum absolute atomic E-state index is 13.3. The summed E-state index contributed by atoms with van der Waals surface area (Å²) in [6.07, 6.45) is 0. The first-order valence-electron chi connectivity index (χ1n) is 9.92. The van der Waals surface area contributed by atoms with Crippen LogP contribution in [-0.4, -0.2) is 11.8 Å². The van der Waals surface area contributed by atoms with E-state index in [0.717, 1.165) is 10.5 Å². The highest BCUT2D eigenvalue weighted by Gasteiger charge is 2.40. The van der Waals surface area contributed by atoms with Gasteiger partial charge in [-0.05, 0) is 60.0 Å². The molecule has 1 aliphatic rings. The van der Waals surface area contributed by atoms with Crippen molar-refractivity contribution in [3.05, 3.63) is 101 Å². The molecular formula is C25H21FN2O2S. The number of imide groups is 1. The molecule has 0 fully saturated rings. The molecule has 0 aromatic heterocycles. The van der Waals surface area contributed by atoms with Gasteiger partial charge in [0.05, 0.1) is 5.69 Å². The molecule has 6 heteroatoms. The number of hydrogen-bond acceptors (Lipinski definition) is 4. The van der Waals surface area contributed by atoms with Crippen molar-refractivity contribution in [2.45, 2.75) is 24.7 Å². The summed E-state index contributed by atoms with van der Waals surface area (Å²) in [4.78, 5) is 28.9. The highest BCUT2D eigenvalue weighted by molar-refractivity contribution is 8.04. The van der Waals surface area contributed by atoms with Crippen molar-refractivity contribution in [2.24, 2.45) is 0 Å². The van der Waals surface area contributed by atoms with Gasteiger partial charge in [0.25, 0.3) is 11.8 Å². The maximum atomic E-state index is 13.3. The van der Waals surface area contributed by atoms with Gasteiger partial charge >= 0.3 is 0 Å². The molecule has 3 aromatic carbocycles. The molecule has 2 amide bonds. The standard InChI is InChI=1S/C25H21FN2O2S/c1-16(2)17-8-14-20(15-9-17)28-24(29)22(27-19-12-10-18(26)11-13-19)23(25(28)30)31-21-6-4-3-5-7-21/h3-16,27H,1-2H3. The van der Waals surface area contributed by atoms with Crippen LogP contribution in [0.5, 0.6) is 0 Å². The van der Waals surface area contributed by atoms with Crippen LogP contribution in [0, 0.1) is 5.82 Å². The van der Waals surface area contributed by atoms with Crippen molar-refractivity contribution in [3.63, 3.8) is 0 Å². The van der Waals surface area contributed by atoms with E-state index in [-0.39, 0.29) is 17.4 Å². The molecule has 156 valence electrons. The Kier molecular flexibility index (Phi) is 5.91. The van der Waals surface area contributed by atoms with Gasteiger partial charge in [0.1, 0.15) is 16.4 Å². The van der Waals surface area contributed by atoms with E-state index in [0.29, 0.717) is 22.2 Å². The number of rotatable bonds is 6. The number of carbonyl (C=O) groups excluding carboxylic acids is 2. The highest BCUT2D eigenvalue weighted by Crippen LogP contribution is 2.38. The lowest BCUT2D eigenvalue weighted by Crippen LogP contribution is -2.32. The SMILES string of the molecule is CC(C)c1ccc(N2C(=O)C(Nc3ccc(F)cc3)=C(Sc3ccccc3)C2=O)cc1. The Hall–Kier alpha value is -3.38. The lowest BCUT2D eigenvalue weighted by Gasteiger charge is -2.16. The summed E-state index contributed by atoms with van der Waals surface area (Å²) in [7, 11) is 0. The summed E-state index contributed by atoms with van der Waals surface area (Å²) >= 11 is 1.23. The van der Waals surface area contributed by atoms with Gasteiger partial charge in [-0.3, -0.25) is 9.59 Å². The van der Waals surface area contributed by atoms with Gasteiger partial charge in [0.15, 0.2) is 0 Å². The predicted molar refractivity (Wildman–Crippen MR) is 122 cm³/mol. The van der Waals surface area contributed by atoms with Gasteiger partial charge in [-0.1, -0.05) is 55.9 Å². The summed E-state index contributed by atoms with van der Waals surface area (Å²) < 4.78 is 13.3. The summed E-state index contributed by atoms with van der Waals surface area (Å²) in [6.45, 7) is 4.17. The molecule has 1 N–H and O–H groups in total. The second-order valence-electron chi connectivity index (χ2n) is 7.44. The van der Waals surface area contributed by atoms with Gasteiger partial charge < -0.3 is 5.32 Å². The third-order valence-corrected chi connectivity index (χ3v) is 6.03. The van der Waals surface area contributed by atoms with E-state index >= 15 is 0 Å². The Balaban J connectivity index is 1.71. The Morgan fingerprint density at radius 2 is 1.48 bits per heavy atom. The normalized spacial score (nSPS) is 14.0. The van der Waals surface area contributed by atoms with Crippen molar-refractivity contribution in [3.8, 4) is 0 Å². The Bertz CT molecular complexity index is 1140. The minimum absolute atomic E-state index is 0.179. The average Bonchev–Trinajstić information content (AvgIpc) is 3.00. The molecule has 1 heterocycles. The Morgan fingerprint density at radius 3 is 2.10 bits per heavy atom. The molecular weight excluding hydrogens is 411 g/mol. The fourth-order valence-electron chi connectivity index (χ4n) is 3.24. The molecule has 0 radical (unpaired) electrons. The van der Waals surface area contributed by atoms with Crippen LogP contribution in [-0.2, 0) is 9.59 Å². The van der Waals surface area contributed by atoms with E-state index < -0.39 is 5.91 Å². The smallest absolute Gasteiger partial charge is 0.283 e. The molecule has 0 saturated carbocycles. The zero-order valence-corrected chi connectivity index (χ0v) is 17.9. The monoisotopic (exact) mass is 432 g/mol. The number of nitrogens with zero attached hydrogens (tertiary/aromatic N) is 1. The number of nitrogens with one attached hydrogen (secondary N) is 1. The number of halogens is 1. The van der Waals surface area contributed by atoms with Crippen LogP contribution in [0.25, 0.3) is 0 Å². The second-order valence-corrected chi connectivity index (χ2v) is 8.53. The number of anilines is 2. The van der Waals surface area contributed by atoms with Crippen LogP contribution in [0.2, 0.25) is 0 Å². The molecule has 0 unspecified atom stereocenters.